The SMILES string of the molecule is CN=C(NCCS(C)(=O)=O)NC1CN(C2CC2)CC1C. The molecule has 2 N–H and O–H groups in total. The molecule has 116 valence electrons. The Balaban J connectivity index is 1.78. The van der Waals surface area contributed by atoms with E-state index < -0.39 is 9.84 Å². The van der Waals surface area contributed by atoms with Gasteiger partial charge in [-0.1, -0.05) is 6.92 Å². The summed E-state index contributed by atoms with van der Waals surface area (Å²) in [6.45, 7) is 4.84. The largest absolute Gasteiger partial charge is 0.355 e. The molecule has 0 bridgehead atoms. The Labute approximate surface area is 121 Å². The summed E-state index contributed by atoms with van der Waals surface area (Å²) in [6, 6.07) is 1.18. The lowest BCUT2D eigenvalue weighted by atomic mass is 10.1. The van der Waals surface area contributed by atoms with Gasteiger partial charge in [0, 0.05) is 45.0 Å². The molecule has 0 aromatic heterocycles. The molecule has 0 radical (unpaired) electrons. The van der Waals surface area contributed by atoms with Crippen molar-refractivity contribution in [3.8, 4) is 0 Å². The van der Waals surface area contributed by atoms with Gasteiger partial charge in [-0.05, 0) is 18.8 Å². The molecule has 2 fully saturated rings. The molecule has 1 saturated heterocycles. The van der Waals surface area contributed by atoms with Crippen LogP contribution in [0, 0.1) is 5.92 Å². The quantitative estimate of drug-likeness (QED) is 0.538. The average molecular weight is 302 g/mol. The van der Waals surface area contributed by atoms with Gasteiger partial charge in [-0.2, -0.15) is 0 Å². The van der Waals surface area contributed by atoms with E-state index in [9.17, 15) is 8.42 Å². The fraction of sp³-hybridized carbons (Fsp3) is 0.923. The maximum Gasteiger partial charge on any atom is 0.191 e. The van der Waals surface area contributed by atoms with Crippen molar-refractivity contribution in [3.05, 3.63) is 0 Å². The number of guanidine groups is 1. The normalized spacial score (nSPS) is 28.6. The van der Waals surface area contributed by atoms with Crippen molar-refractivity contribution >= 4 is 15.8 Å². The molecule has 1 heterocycles. The van der Waals surface area contributed by atoms with Gasteiger partial charge in [0.05, 0.1) is 5.75 Å². The number of aliphatic imine (C=N–C) groups is 1. The van der Waals surface area contributed by atoms with Crippen molar-refractivity contribution in [2.75, 3.05) is 38.7 Å². The lowest BCUT2D eigenvalue weighted by Crippen LogP contribution is -2.47. The summed E-state index contributed by atoms with van der Waals surface area (Å²) in [4.78, 5) is 6.72. The Hall–Kier alpha value is -0.820. The van der Waals surface area contributed by atoms with E-state index in [1.54, 1.807) is 7.05 Å². The third kappa shape index (κ3) is 4.63. The first-order valence-corrected chi connectivity index (χ1v) is 9.34. The van der Waals surface area contributed by atoms with Crippen LogP contribution < -0.4 is 10.6 Å². The second-order valence-corrected chi connectivity index (χ2v) is 8.30. The van der Waals surface area contributed by atoms with E-state index in [1.165, 1.54) is 19.1 Å². The van der Waals surface area contributed by atoms with Crippen molar-refractivity contribution in [2.24, 2.45) is 10.9 Å². The zero-order valence-electron chi connectivity index (χ0n) is 12.6. The molecule has 1 saturated carbocycles. The number of rotatable bonds is 5. The molecule has 2 rings (SSSR count). The highest BCUT2D eigenvalue weighted by Crippen LogP contribution is 2.31. The van der Waals surface area contributed by atoms with Crippen LogP contribution >= 0.6 is 0 Å². The Morgan fingerprint density at radius 2 is 2.05 bits per heavy atom. The molecule has 2 atom stereocenters. The van der Waals surface area contributed by atoms with Crippen molar-refractivity contribution in [1.29, 1.82) is 0 Å². The van der Waals surface area contributed by atoms with Crippen LogP contribution in [0.25, 0.3) is 0 Å². The van der Waals surface area contributed by atoms with E-state index in [0.717, 1.165) is 19.1 Å². The van der Waals surface area contributed by atoms with Crippen LogP contribution in [0.1, 0.15) is 19.8 Å². The highest BCUT2D eigenvalue weighted by molar-refractivity contribution is 7.90. The molecular formula is C13H26N4O2S. The van der Waals surface area contributed by atoms with Crippen molar-refractivity contribution in [3.63, 3.8) is 0 Å². The Bertz CT molecular complexity index is 459. The number of hydrogen-bond acceptors (Lipinski definition) is 4. The van der Waals surface area contributed by atoms with Gasteiger partial charge in [-0.25, -0.2) is 8.42 Å². The van der Waals surface area contributed by atoms with E-state index in [1.807, 2.05) is 0 Å². The Morgan fingerprint density at radius 1 is 1.35 bits per heavy atom. The van der Waals surface area contributed by atoms with Gasteiger partial charge in [0.2, 0.25) is 0 Å². The van der Waals surface area contributed by atoms with E-state index in [4.69, 9.17) is 0 Å². The Kier molecular flexibility index (Phi) is 4.90. The highest BCUT2D eigenvalue weighted by Gasteiger charge is 2.38. The average Bonchev–Trinajstić information content (AvgIpc) is 3.13. The van der Waals surface area contributed by atoms with Gasteiger partial charge < -0.3 is 10.6 Å². The molecule has 6 nitrogen and oxygen atoms in total. The summed E-state index contributed by atoms with van der Waals surface area (Å²) in [5, 5.41) is 6.49. The van der Waals surface area contributed by atoms with Gasteiger partial charge in [0.1, 0.15) is 9.84 Å². The first kappa shape index (κ1) is 15.6. The molecule has 0 aromatic rings. The first-order valence-electron chi connectivity index (χ1n) is 7.28. The molecule has 1 aliphatic heterocycles. The fourth-order valence-corrected chi connectivity index (χ4v) is 3.13. The lowest BCUT2D eigenvalue weighted by molar-refractivity contribution is 0.315. The van der Waals surface area contributed by atoms with E-state index >= 15 is 0 Å². The smallest absolute Gasteiger partial charge is 0.191 e. The van der Waals surface area contributed by atoms with Gasteiger partial charge in [0.25, 0.3) is 0 Å². The topological polar surface area (TPSA) is 73.8 Å². The van der Waals surface area contributed by atoms with Crippen molar-refractivity contribution < 1.29 is 8.42 Å². The maximum atomic E-state index is 11.1. The summed E-state index contributed by atoms with van der Waals surface area (Å²) in [7, 11) is -1.21. The van der Waals surface area contributed by atoms with Crippen LogP contribution in [0.2, 0.25) is 0 Å². The number of sulfone groups is 1. The minimum atomic E-state index is -2.93. The minimum absolute atomic E-state index is 0.127. The standard InChI is InChI=1S/C13H26N4O2S/c1-10-8-17(11-4-5-11)9-12(10)16-13(14-2)15-6-7-20(3,18)19/h10-12H,4-9H2,1-3H3,(H2,14,15,16). The molecule has 0 spiro atoms. The predicted molar refractivity (Wildman–Crippen MR) is 81.8 cm³/mol. The lowest BCUT2D eigenvalue weighted by Gasteiger charge is -2.20. The number of likely N-dealkylation sites (tertiary alicyclic amines) is 1. The van der Waals surface area contributed by atoms with Crippen molar-refractivity contribution in [1.82, 2.24) is 15.5 Å². The summed E-state index contributed by atoms with van der Waals surface area (Å²) < 4.78 is 22.2. The molecule has 1 aliphatic carbocycles. The summed E-state index contributed by atoms with van der Waals surface area (Å²) in [5.74, 6) is 1.41. The van der Waals surface area contributed by atoms with Crippen LogP contribution in [0.3, 0.4) is 0 Å². The zero-order valence-corrected chi connectivity index (χ0v) is 13.4. The van der Waals surface area contributed by atoms with E-state index in [2.05, 4.69) is 27.4 Å². The molecule has 2 aliphatic rings. The number of nitrogens with one attached hydrogen (secondary N) is 2. The van der Waals surface area contributed by atoms with Crippen LogP contribution in [0.15, 0.2) is 4.99 Å². The number of hydrogen-bond donors (Lipinski definition) is 2. The third-order valence-electron chi connectivity index (χ3n) is 4.01. The fourth-order valence-electron chi connectivity index (χ4n) is 2.66. The van der Waals surface area contributed by atoms with Gasteiger partial charge in [-0.3, -0.25) is 9.89 Å². The van der Waals surface area contributed by atoms with E-state index in [0.29, 0.717) is 24.5 Å². The monoisotopic (exact) mass is 302 g/mol. The molecular weight excluding hydrogens is 276 g/mol. The Morgan fingerprint density at radius 3 is 2.60 bits per heavy atom. The number of nitrogens with zero attached hydrogens (tertiary/aromatic N) is 2. The zero-order chi connectivity index (χ0) is 14.8. The predicted octanol–water partition coefficient (Wildman–Crippen LogP) is -0.321. The molecule has 0 aromatic carbocycles. The highest BCUT2D eigenvalue weighted by atomic mass is 32.2. The van der Waals surface area contributed by atoms with Crippen LogP contribution in [-0.4, -0.2) is 70.1 Å². The van der Waals surface area contributed by atoms with Gasteiger partial charge in [0.15, 0.2) is 5.96 Å². The van der Waals surface area contributed by atoms with Gasteiger partial charge >= 0.3 is 0 Å². The third-order valence-corrected chi connectivity index (χ3v) is 4.96. The summed E-state index contributed by atoms with van der Waals surface area (Å²) in [5.41, 5.74) is 0. The molecule has 20 heavy (non-hydrogen) atoms. The summed E-state index contributed by atoms with van der Waals surface area (Å²) in [6.07, 6.45) is 3.92. The van der Waals surface area contributed by atoms with Crippen LogP contribution in [0.4, 0.5) is 0 Å². The molecule has 7 heteroatoms. The van der Waals surface area contributed by atoms with E-state index in [-0.39, 0.29) is 5.75 Å². The second-order valence-electron chi connectivity index (χ2n) is 6.04. The second kappa shape index (κ2) is 6.30. The maximum absolute atomic E-state index is 11.1. The van der Waals surface area contributed by atoms with Gasteiger partial charge in [-0.15, -0.1) is 0 Å². The molecule has 2 unspecified atom stereocenters. The van der Waals surface area contributed by atoms with Crippen LogP contribution in [0.5, 0.6) is 0 Å². The molecule has 0 amide bonds. The minimum Gasteiger partial charge on any atom is -0.355 e. The summed E-state index contributed by atoms with van der Waals surface area (Å²) >= 11 is 0. The van der Waals surface area contributed by atoms with Crippen LogP contribution in [-0.2, 0) is 9.84 Å². The first-order chi connectivity index (χ1) is 9.39. The van der Waals surface area contributed by atoms with Crippen molar-refractivity contribution in [2.45, 2.75) is 31.8 Å².